The molecule has 5 heteroatoms. The first-order valence-electron chi connectivity index (χ1n) is 5.28. The minimum Gasteiger partial charge on any atom is -0.483 e. The van der Waals surface area contributed by atoms with Gasteiger partial charge in [-0.25, -0.2) is 0 Å². The van der Waals surface area contributed by atoms with Crippen molar-refractivity contribution in [3.8, 4) is 5.75 Å². The lowest BCUT2D eigenvalue weighted by Gasteiger charge is -2.16. The first-order valence-corrected chi connectivity index (χ1v) is 6.07. The smallest absolute Gasteiger partial charge is 0.260 e. The van der Waals surface area contributed by atoms with Crippen LogP contribution in [0.2, 0.25) is 0 Å². The van der Waals surface area contributed by atoms with Crippen LogP contribution in [0.1, 0.15) is 5.56 Å². The Morgan fingerprint density at radius 2 is 2.24 bits per heavy atom. The van der Waals surface area contributed by atoms with E-state index in [1.165, 1.54) is 4.90 Å². The van der Waals surface area contributed by atoms with Crippen LogP contribution in [0.15, 0.2) is 22.7 Å². The maximum atomic E-state index is 11.6. The zero-order valence-electron chi connectivity index (χ0n) is 9.94. The molecule has 0 aromatic heterocycles. The van der Waals surface area contributed by atoms with E-state index in [1.807, 2.05) is 25.1 Å². The molecule has 0 radical (unpaired) electrons. The van der Waals surface area contributed by atoms with Crippen molar-refractivity contribution in [2.24, 2.45) is 0 Å². The Morgan fingerprint density at radius 1 is 1.53 bits per heavy atom. The van der Waals surface area contributed by atoms with Crippen LogP contribution >= 0.6 is 15.9 Å². The normalized spacial score (nSPS) is 10.1. The van der Waals surface area contributed by atoms with Crippen molar-refractivity contribution in [2.45, 2.75) is 6.92 Å². The molecule has 0 bridgehead atoms. The fourth-order valence-electron chi connectivity index (χ4n) is 1.25. The lowest BCUT2D eigenvalue weighted by atomic mass is 10.2. The number of carbonyl (C=O) groups excluding carboxylic acids is 1. The molecule has 1 N–H and O–H groups in total. The second-order valence-electron chi connectivity index (χ2n) is 3.76. The molecule has 0 unspecified atom stereocenters. The minimum atomic E-state index is -0.161. The summed E-state index contributed by atoms with van der Waals surface area (Å²) in [5.74, 6) is 0.480. The molecule has 0 aliphatic carbocycles. The molecule has 0 heterocycles. The van der Waals surface area contributed by atoms with E-state index in [1.54, 1.807) is 7.05 Å². The number of hydrogen-bond donors (Lipinski definition) is 1. The van der Waals surface area contributed by atoms with Crippen molar-refractivity contribution in [3.63, 3.8) is 0 Å². The third kappa shape index (κ3) is 4.36. The lowest BCUT2D eigenvalue weighted by Crippen LogP contribution is -2.33. The molecule has 1 aromatic carbocycles. The van der Waals surface area contributed by atoms with Gasteiger partial charge in [-0.2, -0.15) is 0 Å². The average Bonchev–Trinajstić information content (AvgIpc) is 2.27. The zero-order chi connectivity index (χ0) is 12.8. The first-order chi connectivity index (χ1) is 8.04. The molecule has 17 heavy (non-hydrogen) atoms. The Hall–Kier alpha value is -1.07. The van der Waals surface area contributed by atoms with E-state index in [0.717, 1.165) is 10.0 Å². The maximum absolute atomic E-state index is 11.6. The molecule has 4 nitrogen and oxygen atoms in total. The maximum Gasteiger partial charge on any atom is 0.260 e. The van der Waals surface area contributed by atoms with Crippen molar-refractivity contribution >= 4 is 21.8 Å². The second-order valence-corrected chi connectivity index (χ2v) is 4.62. The van der Waals surface area contributed by atoms with Crippen LogP contribution in [0, 0.1) is 6.92 Å². The number of amides is 1. The Morgan fingerprint density at radius 3 is 2.82 bits per heavy atom. The summed E-state index contributed by atoms with van der Waals surface area (Å²) >= 11 is 3.38. The highest BCUT2D eigenvalue weighted by Gasteiger charge is 2.09. The predicted octanol–water partition coefficient (Wildman–Crippen LogP) is 1.59. The largest absolute Gasteiger partial charge is 0.483 e. The monoisotopic (exact) mass is 301 g/mol. The van der Waals surface area contributed by atoms with Crippen molar-refractivity contribution in [1.29, 1.82) is 0 Å². The fraction of sp³-hybridized carbons (Fsp3) is 0.417. The van der Waals surface area contributed by atoms with E-state index in [4.69, 9.17) is 9.84 Å². The Bertz CT molecular complexity index is 395. The van der Waals surface area contributed by atoms with Gasteiger partial charge in [0, 0.05) is 13.6 Å². The SMILES string of the molecule is Cc1ccc(OCC(=O)N(C)CCO)c(Br)c1. The Labute approximate surface area is 109 Å². The van der Waals surface area contributed by atoms with Crippen LogP contribution in [-0.4, -0.2) is 42.7 Å². The van der Waals surface area contributed by atoms with Gasteiger partial charge in [-0.3, -0.25) is 4.79 Å². The molecule has 0 atom stereocenters. The van der Waals surface area contributed by atoms with Crippen LogP contribution < -0.4 is 4.74 Å². The number of aryl methyl sites for hydroxylation is 1. The third-order valence-corrected chi connectivity index (χ3v) is 2.92. The van der Waals surface area contributed by atoms with E-state index < -0.39 is 0 Å². The van der Waals surface area contributed by atoms with Gasteiger partial charge in [0.25, 0.3) is 5.91 Å². The van der Waals surface area contributed by atoms with Gasteiger partial charge in [-0.15, -0.1) is 0 Å². The van der Waals surface area contributed by atoms with Crippen LogP contribution in [0.4, 0.5) is 0 Å². The quantitative estimate of drug-likeness (QED) is 0.898. The van der Waals surface area contributed by atoms with Gasteiger partial charge in [0.05, 0.1) is 11.1 Å². The highest BCUT2D eigenvalue weighted by atomic mass is 79.9. The van der Waals surface area contributed by atoms with Crippen molar-refractivity contribution in [2.75, 3.05) is 26.8 Å². The number of rotatable bonds is 5. The summed E-state index contributed by atoms with van der Waals surface area (Å²) in [6.07, 6.45) is 0. The first kappa shape index (κ1) is 14.0. The summed E-state index contributed by atoms with van der Waals surface area (Å²) in [5.41, 5.74) is 1.12. The summed E-state index contributed by atoms with van der Waals surface area (Å²) in [6.45, 7) is 2.22. The van der Waals surface area contributed by atoms with Crippen LogP contribution in [0.3, 0.4) is 0 Å². The number of carbonyl (C=O) groups is 1. The minimum absolute atomic E-state index is 0.0296. The van der Waals surface area contributed by atoms with Gasteiger partial charge in [-0.1, -0.05) is 6.07 Å². The topological polar surface area (TPSA) is 49.8 Å². The van der Waals surface area contributed by atoms with Crippen LogP contribution in [0.5, 0.6) is 5.75 Å². The van der Waals surface area contributed by atoms with Gasteiger partial charge < -0.3 is 14.7 Å². The molecule has 0 spiro atoms. The van der Waals surface area contributed by atoms with Crippen molar-refractivity contribution in [1.82, 2.24) is 4.90 Å². The number of aliphatic hydroxyl groups excluding tert-OH is 1. The molecular formula is C12H16BrNO3. The molecular weight excluding hydrogens is 286 g/mol. The number of halogens is 1. The Balaban J connectivity index is 2.53. The summed E-state index contributed by atoms with van der Waals surface area (Å²) in [4.78, 5) is 13.0. The summed E-state index contributed by atoms with van der Waals surface area (Å²) in [6, 6.07) is 5.66. The highest BCUT2D eigenvalue weighted by Crippen LogP contribution is 2.25. The molecule has 0 saturated heterocycles. The highest BCUT2D eigenvalue weighted by molar-refractivity contribution is 9.10. The van der Waals surface area contributed by atoms with Gasteiger partial charge in [-0.05, 0) is 40.5 Å². The molecule has 1 amide bonds. The predicted molar refractivity (Wildman–Crippen MR) is 69.1 cm³/mol. The zero-order valence-corrected chi connectivity index (χ0v) is 11.5. The number of aliphatic hydroxyl groups is 1. The summed E-state index contributed by atoms with van der Waals surface area (Å²) in [5, 5.41) is 8.70. The lowest BCUT2D eigenvalue weighted by molar-refractivity contribution is -0.132. The van der Waals surface area contributed by atoms with Crippen LogP contribution in [-0.2, 0) is 4.79 Å². The van der Waals surface area contributed by atoms with Crippen LogP contribution in [0.25, 0.3) is 0 Å². The van der Waals surface area contributed by atoms with Gasteiger partial charge in [0.15, 0.2) is 6.61 Å². The van der Waals surface area contributed by atoms with Gasteiger partial charge >= 0.3 is 0 Å². The van der Waals surface area contributed by atoms with Gasteiger partial charge in [0.2, 0.25) is 0 Å². The van der Waals surface area contributed by atoms with E-state index in [2.05, 4.69) is 15.9 Å². The molecule has 0 saturated carbocycles. The number of hydrogen-bond acceptors (Lipinski definition) is 3. The van der Waals surface area contributed by atoms with Crippen molar-refractivity contribution < 1.29 is 14.6 Å². The number of likely N-dealkylation sites (N-methyl/N-ethyl adjacent to an activating group) is 1. The molecule has 0 aliphatic rings. The Kier molecular flexibility index (Phi) is 5.44. The molecule has 0 fully saturated rings. The van der Waals surface area contributed by atoms with E-state index in [-0.39, 0.29) is 19.1 Å². The summed E-state index contributed by atoms with van der Waals surface area (Å²) < 4.78 is 6.23. The number of benzene rings is 1. The molecule has 0 aliphatic heterocycles. The summed E-state index contributed by atoms with van der Waals surface area (Å²) in [7, 11) is 1.63. The van der Waals surface area contributed by atoms with E-state index >= 15 is 0 Å². The third-order valence-electron chi connectivity index (χ3n) is 2.30. The second kappa shape index (κ2) is 6.61. The van der Waals surface area contributed by atoms with Gasteiger partial charge in [0.1, 0.15) is 5.75 Å². The number of ether oxygens (including phenoxy) is 1. The van der Waals surface area contributed by atoms with Crippen molar-refractivity contribution in [3.05, 3.63) is 28.2 Å². The molecule has 94 valence electrons. The van der Waals surface area contributed by atoms with E-state index in [9.17, 15) is 4.79 Å². The standard InChI is InChI=1S/C12H16BrNO3/c1-9-3-4-11(10(13)7-9)17-8-12(16)14(2)5-6-15/h3-4,7,15H,5-6,8H2,1-2H3. The fourth-order valence-corrected chi connectivity index (χ4v) is 1.86. The number of nitrogens with zero attached hydrogens (tertiary/aromatic N) is 1. The average molecular weight is 302 g/mol. The molecule has 1 rings (SSSR count). The van der Waals surface area contributed by atoms with E-state index in [0.29, 0.717) is 12.3 Å². The molecule has 1 aromatic rings.